The summed E-state index contributed by atoms with van der Waals surface area (Å²) in [5.74, 6) is 0. The van der Waals surface area contributed by atoms with E-state index in [1.807, 2.05) is 67.6 Å². The van der Waals surface area contributed by atoms with Gasteiger partial charge in [-0.3, -0.25) is 0 Å². The third-order valence-electron chi connectivity index (χ3n) is 3.63. The lowest BCUT2D eigenvalue weighted by atomic mass is 9.69. The first kappa shape index (κ1) is 13.3. The summed E-state index contributed by atoms with van der Waals surface area (Å²) in [5, 5.41) is 9.85. The molecule has 1 atom stereocenters. The molecule has 0 heterocycles. The molecule has 0 bridgehead atoms. The van der Waals surface area contributed by atoms with Gasteiger partial charge in [-0.15, -0.1) is 0 Å². The van der Waals surface area contributed by atoms with E-state index in [-0.39, 0.29) is 6.04 Å². The maximum absolute atomic E-state index is 9.85. The normalized spacial score (nSPS) is 12.7. The van der Waals surface area contributed by atoms with Crippen molar-refractivity contribution >= 4 is 0 Å². The van der Waals surface area contributed by atoms with Crippen LogP contribution in [0.3, 0.4) is 0 Å². The summed E-state index contributed by atoms with van der Waals surface area (Å²) in [7, 11) is 0. The monoisotopic (exact) mass is 250 g/mol. The van der Waals surface area contributed by atoms with E-state index in [0.29, 0.717) is 0 Å². The van der Waals surface area contributed by atoms with Crippen molar-refractivity contribution in [2.24, 2.45) is 5.73 Å². The van der Waals surface area contributed by atoms with Crippen molar-refractivity contribution in [2.45, 2.75) is 24.8 Å². The number of nitrogens with zero attached hydrogens (tertiary/aromatic N) is 1. The molecule has 0 radical (unpaired) electrons. The van der Waals surface area contributed by atoms with Crippen molar-refractivity contribution in [3.05, 3.63) is 71.8 Å². The van der Waals surface area contributed by atoms with Crippen molar-refractivity contribution in [1.29, 1.82) is 5.26 Å². The smallest absolute Gasteiger partial charge is 0.122 e. The topological polar surface area (TPSA) is 49.8 Å². The minimum atomic E-state index is -0.780. The van der Waals surface area contributed by atoms with Gasteiger partial charge < -0.3 is 5.73 Å². The second-order valence-electron chi connectivity index (χ2n) is 4.67. The van der Waals surface area contributed by atoms with Crippen LogP contribution in [0.25, 0.3) is 0 Å². The first-order chi connectivity index (χ1) is 9.25. The molecule has 0 aliphatic carbocycles. The maximum Gasteiger partial charge on any atom is 0.122 e. The van der Waals surface area contributed by atoms with Crippen LogP contribution in [0.1, 0.15) is 24.5 Å². The fourth-order valence-corrected chi connectivity index (χ4v) is 2.52. The van der Waals surface area contributed by atoms with Crippen LogP contribution >= 0.6 is 0 Å². The Balaban J connectivity index is 2.67. The molecule has 0 saturated carbocycles. The molecule has 0 saturated heterocycles. The Morgan fingerprint density at radius 1 is 1.00 bits per heavy atom. The van der Waals surface area contributed by atoms with Gasteiger partial charge in [-0.2, -0.15) is 5.26 Å². The average Bonchev–Trinajstić information content (AvgIpc) is 2.50. The van der Waals surface area contributed by atoms with E-state index < -0.39 is 5.41 Å². The van der Waals surface area contributed by atoms with E-state index in [2.05, 4.69) is 6.07 Å². The van der Waals surface area contributed by atoms with Gasteiger partial charge >= 0.3 is 0 Å². The van der Waals surface area contributed by atoms with Crippen molar-refractivity contribution in [1.82, 2.24) is 0 Å². The van der Waals surface area contributed by atoms with Gasteiger partial charge in [-0.05, 0) is 17.5 Å². The molecule has 2 rings (SSSR count). The second-order valence-corrected chi connectivity index (χ2v) is 4.67. The lowest BCUT2D eigenvalue weighted by Gasteiger charge is -2.33. The summed E-state index contributed by atoms with van der Waals surface area (Å²) in [5.41, 5.74) is 7.44. The minimum absolute atomic E-state index is 0.234. The predicted octanol–water partition coefficient (Wildman–Crippen LogP) is 3.23. The Morgan fingerprint density at radius 2 is 1.42 bits per heavy atom. The molecule has 1 unspecified atom stereocenters. The van der Waals surface area contributed by atoms with Crippen LogP contribution in [-0.2, 0) is 5.41 Å². The van der Waals surface area contributed by atoms with Crippen molar-refractivity contribution in [3.8, 4) is 6.07 Å². The van der Waals surface area contributed by atoms with E-state index in [1.54, 1.807) is 0 Å². The number of rotatable bonds is 4. The number of hydrogen-bond donors (Lipinski definition) is 1. The first-order valence-electron chi connectivity index (χ1n) is 6.53. The Kier molecular flexibility index (Phi) is 3.99. The van der Waals surface area contributed by atoms with E-state index in [9.17, 15) is 5.26 Å². The van der Waals surface area contributed by atoms with Crippen molar-refractivity contribution < 1.29 is 0 Å². The molecular formula is C17H18N2. The predicted molar refractivity (Wildman–Crippen MR) is 77.5 cm³/mol. The molecule has 0 amide bonds. The standard InChI is InChI=1S/C17H18N2/c1-2-16(19)17(13-18,14-9-5-3-6-10-14)15-11-7-4-8-12-15/h3-12,16H,2,19H2,1H3. The number of benzene rings is 2. The first-order valence-corrected chi connectivity index (χ1v) is 6.53. The molecular weight excluding hydrogens is 232 g/mol. The third kappa shape index (κ3) is 2.25. The molecule has 2 N–H and O–H groups in total. The van der Waals surface area contributed by atoms with Gasteiger partial charge in [-0.25, -0.2) is 0 Å². The summed E-state index contributed by atoms with van der Waals surface area (Å²) in [6.45, 7) is 2.02. The highest BCUT2D eigenvalue weighted by Gasteiger charge is 2.39. The molecule has 0 fully saturated rings. The maximum atomic E-state index is 9.85. The Bertz CT molecular complexity index is 515. The Labute approximate surface area is 114 Å². The van der Waals surface area contributed by atoms with Gasteiger partial charge in [0.05, 0.1) is 6.07 Å². The summed E-state index contributed by atoms with van der Waals surface area (Å²) in [6, 6.07) is 21.9. The van der Waals surface area contributed by atoms with Gasteiger partial charge in [0, 0.05) is 6.04 Å². The number of nitriles is 1. The zero-order valence-corrected chi connectivity index (χ0v) is 11.1. The number of nitrogens with two attached hydrogens (primary N) is 1. The van der Waals surface area contributed by atoms with Crippen LogP contribution in [0, 0.1) is 11.3 Å². The molecule has 2 aromatic carbocycles. The SMILES string of the molecule is CCC(N)C(C#N)(c1ccccc1)c1ccccc1. The van der Waals surface area contributed by atoms with Gasteiger partial charge in [0.2, 0.25) is 0 Å². The zero-order chi connectivity index (χ0) is 13.7. The highest BCUT2D eigenvalue weighted by molar-refractivity contribution is 5.48. The minimum Gasteiger partial charge on any atom is -0.326 e. The average molecular weight is 250 g/mol. The second kappa shape index (κ2) is 5.69. The highest BCUT2D eigenvalue weighted by Crippen LogP contribution is 2.35. The van der Waals surface area contributed by atoms with E-state index in [0.717, 1.165) is 17.5 Å². The zero-order valence-electron chi connectivity index (χ0n) is 11.1. The molecule has 0 spiro atoms. The van der Waals surface area contributed by atoms with Crippen LogP contribution < -0.4 is 5.73 Å². The summed E-state index contributed by atoms with van der Waals surface area (Å²) in [6.07, 6.45) is 0.747. The molecule has 0 aliphatic rings. The summed E-state index contributed by atoms with van der Waals surface area (Å²) < 4.78 is 0. The van der Waals surface area contributed by atoms with Gasteiger partial charge in [0.1, 0.15) is 5.41 Å². The summed E-state index contributed by atoms with van der Waals surface area (Å²) >= 11 is 0. The Morgan fingerprint density at radius 3 is 1.74 bits per heavy atom. The highest BCUT2D eigenvalue weighted by atomic mass is 14.7. The van der Waals surface area contributed by atoms with Crippen molar-refractivity contribution in [3.63, 3.8) is 0 Å². The number of hydrogen-bond acceptors (Lipinski definition) is 2. The molecule has 2 nitrogen and oxygen atoms in total. The molecule has 2 heteroatoms. The molecule has 19 heavy (non-hydrogen) atoms. The van der Waals surface area contributed by atoms with E-state index in [4.69, 9.17) is 5.73 Å². The fourth-order valence-electron chi connectivity index (χ4n) is 2.52. The van der Waals surface area contributed by atoms with Crippen LogP contribution in [0.5, 0.6) is 0 Å². The van der Waals surface area contributed by atoms with Gasteiger partial charge in [0.15, 0.2) is 0 Å². The van der Waals surface area contributed by atoms with Crippen molar-refractivity contribution in [2.75, 3.05) is 0 Å². The largest absolute Gasteiger partial charge is 0.326 e. The van der Waals surface area contributed by atoms with Crippen LogP contribution in [0.4, 0.5) is 0 Å². The van der Waals surface area contributed by atoms with E-state index in [1.165, 1.54) is 0 Å². The van der Waals surface area contributed by atoms with Crippen LogP contribution in [0.15, 0.2) is 60.7 Å². The lowest BCUT2D eigenvalue weighted by molar-refractivity contribution is 0.486. The molecule has 2 aromatic rings. The van der Waals surface area contributed by atoms with Crippen LogP contribution in [-0.4, -0.2) is 6.04 Å². The van der Waals surface area contributed by atoms with E-state index >= 15 is 0 Å². The lowest BCUT2D eigenvalue weighted by Crippen LogP contribution is -2.45. The molecule has 96 valence electrons. The fraction of sp³-hybridized carbons (Fsp3) is 0.235. The summed E-state index contributed by atoms with van der Waals surface area (Å²) in [4.78, 5) is 0. The quantitative estimate of drug-likeness (QED) is 0.905. The Hall–Kier alpha value is -2.11. The van der Waals surface area contributed by atoms with Gasteiger partial charge in [-0.1, -0.05) is 67.6 Å². The van der Waals surface area contributed by atoms with Gasteiger partial charge in [0.25, 0.3) is 0 Å². The van der Waals surface area contributed by atoms with Crippen LogP contribution in [0.2, 0.25) is 0 Å². The molecule has 0 aromatic heterocycles. The molecule has 0 aliphatic heterocycles. The third-order valence-corrected chi connectivity index (χ3v) is 3.63.